The van der Waals surface area contributed by atoms with Crippen molar-refractivity contribution in [1.82, 2.24) is 0 Å². The summed E-state index contributed by atoms with van der Waals surface area (Å²) in [5, 5.41) is 20.5. The number of aliphatic hydroxyl groups is 2. The van der Waals surface area contributed by atoms with E-state index in [1.54, 1.807) is 31.2 Å². The van der Waals surface area contributed by atoms with Gasteiger partial charge in [-0.3, -0.25) is 0 Å². The summed E-state index contributed by atoms with van der Waals surface area (Å²) in [5.74, 6) is 0.796. The SMILES string of the molecule is C=C(C)C(O)C(O)CC(C)=CCOc1ccc2ccc(=O)oc2c1OC. The van der Waals surface area contributed by atoms with Gasteiger partial charge in [0.05, 0.1) is 13.2 Å². The molecule has 2 rings (SSSR count). The van der Waals surface area contributed by atoms with Crippen molar-refractivity contribution in [1.29, 1.82) is 0 Å². The van der Waals surface area contributed by atoms with Gasteiger partial charge in [-0.1, -0.05) is 12.2 Å². The fourth-order valence-corrected chi connectivity index (χ4v) is 2.52. The Morgan fingerprint density at radius 3 is 2.62 bits per heavy atom. The van der Waals surface area contributed by atoms with Crippen molar-refractivity contribution in [3.8, 4) is 11.5 Å². The Morgan fingerprint density at radius 1 is 1.27 bits per heavy atom. The maximum atomic E-state index is 11.4. The van der Waals surface area contributed by atoms with Gasteiger partial charge >= 0.3 is 5.63 Å². The van der Waals surface area contributed by atoms with Crippen LogP contribution in [0.5, 0.6) is 11.5 Å². The van der Waals surface area contributed by atoms with E-state index in [1.807, 2.05) is 6.92 Å². The fourth-order valence-electron chi connectivity index (χ4n) is 2.52. The first-order valence-electron chi connectivity index (χ1n) is 8.24. The molecule has 26 heavy (non-hydrogen) atoms. The number of benzene rings is 1. The molecule has 0 saturated heterocycles. The van der Waals surface area contributed by atoms with Crippen LogP contribution in [0.25, 0.3) is 11.0 Å². The second kappa shape index (κ2) is 8.69. The highest BCUT2D eigenvalue weighted by Crippen LogP contribution is 2.34. The van der Waals surface area contributed by atoms with Crippen LogP contribution >= 0.6 is 0 Å². The summed E-state index contributed by atoms with van der Waals surface area (Å²) in [7, 11) is 1.48. The molecule has 0 radical (unpaired) electrons. The van der Waals surface area contributed by atoms with Crippen LogP contribution in [-0.4, -0.2) is 36.1 Å². The predicted octanol–water partition coefficient (Wildman–Crippen LogP) is 2.81. The molecule has 2 N–H and O–H groups in total. The molecule has 6 heteroatoms. The third kappa shape index (κ3) is 4.74. The normalized spacial score (nSPS) is 14.1. The van der Waals surface area contributed by atoms with Crippen LogP contribution < -0.4 is 15.1 Å². The van der Waals surface area contributed by atoms with Gasteiger partial charge < -0.3 is 24.1 Å². The summed E-state index contributed by atoms with van der Waals surface area (Å²) in [6.07, 6.45) is 0.247. The quantitative estimate of drug-likeness (QED) is 0.556. The predicted molar refractivity (Wildman–Crippen MR) is 99.7 cm³/mol. The van der Waals surface area contributed by atoms with Crippen molar-refractivity contribution in [2.24, 2.45) is 0 Å². The number of hydrogen-bond donors (Lipinski definition) is 2. The molecule has 6 nitrogen and oxygen atoms in total. The minimum atomic E-state index is -0.956. The highest BCUT2D eigenvalue weighted by atomic mass is 16.5. The molecular weight excluding hydrogens is 336 g/mol. The van der Waals surface area contributed by atoms with E-state index in [2.05, 4.69) is 6.58 Å². The molecule has 2 aromatic rings. The average molecular weight is 360 g/mol. The number of aliphatic hydroxyl groups excluding tert-OH is 2. The lowest BCUT2D eigenvalue weighted by atomic mass is 10.0. The van der Waals surface area contributed by atoms with E-state index < -0.39 is 17.8 Å². The summed E-state index contributed by atoms with van der Waals surface area (Å²) in [6.45, 7) is 7.38. The standard InChI is InChI=1S/C20H24O6/c1-12(2)18(23)15(21)11-13(3)9-10-25-16-7-5-14-6-8-17(22)26-19(14)20(16)24-4/h5-9,15,18,21,23H,1,10-11H2,2-4H3. The average Bonchev–Trinajstić information content (AvgIpc) is 2.60. The van der Waals surface area contributed by atoms with E-state index in [-0.39, 0.29) is 6.61 Å². The fraction of sp³-hybridized carbons (Fsp3) is 0.350. The first-order chi connectivity index (χ1) is 12.3. The van der Waals surface area contributed by atoms with Gasteiger partial charge in [0.15, 0.2) is 11.3 Å². The van der Waals surface area contributed by atoms with Crippen LogP contribution in [0.4, 0.5) is 0 Å². The van der Waals surface area contributed by atoms with E-state index in [0.29, 0.717) is 29.1 Å². The molecule has 0 fully saturated rings. The molecule has 0 aliphatic carbocycles. The Bertz CT molecular complexity index is 864. The van der Waals surface area contributed by atoms with Gasteiger partial charge in [-0.05, 0) is 50.1 Å². The second-order valence-electron chi connectivity index (χ2n) is 6.19. The number of fused-ring (bicyclic) bond motifs is 1. The van der Waals surface area contributed by atoms with Gasteiger partial charge in [0, 0.05) is 11.5 Å². The van der Waals surface area contributed by atoms with Crippen molar-refractivity contribution in [2.45, 2.75) is 32.5 Å². The molecule has 0 saturated carbocycles. The third-order valence-electron chi connectivity index (χ3n) is 3.98. The van der Waals surface area contributed by atoms with E-state index in [9.17, 15) is 15.0 Å². The minimum Gasteiger partial charge on any atom is -0.490 e. The summed E-state index contributed by atoms with van der Waals surface area (Å²) < 4.78 is 16.3. The highest BCUT2D eigenvalue weighted by molar-refractivity contribution is 5.85. The molecular formula is C20H24O6. The van der Waals surface area contributed by atoms with Gasteiger partial charge in [0.25, 0.3) is 0 Å². The highest BCUT2D eigenvalue weighted by Gasteiger charge is 2.17. The van der Waals surface area contributed by atoms with Gasteiger partial charge in [0.2, 0.25) is 5.75 Å². The van der Waals surface area contributed by atoms with Crippen molar-refractivity contribution >= 4 is 11.0 Å². The topological polar surface area (TPSA) is 89.1 Å². The first kappa shape index (κ1) is 19.8. The maximum absolute atomic E-state index is 11.4. The Kier molecular flexibility index (Phi) is 6.60. The lowest BCUT2D eigenvalue weighted by Crippen LogP contribution is -2.26. The van der Waals surface area contributed by atoms with E-state index in [4.69, 9.17) is 13.9 Å². The van der Waals surface area contributed by atoms with Crippen molar-refractivity contribution in [3.63, 3.8) is 0 Å². The molecule has 2 unspecified atom stereocenters. The molecule has 0 spiro atoms. The van der Waals surface area contributed by atoms with Crippen molar-refractivity contribution in [2.75, 3.05) is 13.7 Å². The van der Waals surface area contributed by atoms with Gasteiger partial charge in [-0.15, -0.1) is 0 Å². The largest absolute Gasteiger partial charge is 0.490 e. The van der Waals surface area contributed by atoms with E-state index in [0.717, 1.165) is 11.0 Å². The van der Waals surface area contributed by atoms with Crippen LogP contribution in [0.3, 0.4) is 0 Å². The lowest BCUT2D eigenvalue weighted by Gasteiger charge is -2.18. The Hall–Kier alpha value is -2.57. The van der Waals surface area contributed by atoms with Gasteiger partial charge in [0.1, 0.15) is 12.7 Å². The molecule has 0 aliphatic rings. The Morgan fingerprint density at radius 2 is 1.96 bits per heavy atom. The Balaban J connectivity index is 2.09. The van der Waals surface area contributed by atoms with Crippen LogP contribution in [0.15, 0.2) is 57.3 Å². The van der Waals surface area contributed by atoms with Crippen molar-refractivity contribution in [3.05, 3.63) is 58.5 Å². The van der Waals surface area contributed by atoms with Crippen LogP contribution in [0, 0.1) is 0 Å². The van der Waals surface area contributed by atoms with Crippen LogP contribution in [0.2, 0.25) is 0 Å². The monoisotopic (exact) mass is 360 g/mol. The molecule has 1 aromatic carbocycles. The number of methoxy groups -OCH3 is 1. The smallest absolute Gasteiger partial charge is 0.336 e. The van der Waals surface area contributed by atoms with Crippen LogP contribution in [-0.2, 0) is 0 Å². The number of ether oxygens (including phenoxy) is 2. The Labute approximate surface area is 152 Å². The van der Waals surface area contributed by atoms with Gasteiger partial charge in [-0.25, -0.2) is 4.79 Å². The third-order valence-corrected chi connectivity index (χ3v) is 3.98. The van der Waals surface area contributed by atoms with E-state index >= 15 is 0 Å². The van der Waals surface area contributed by atoms with Gasteiger partial charge in [-0.2, -0.15) is 0 Å². The molecule has 1 aromatic heterocycles. The summed E-state index contributed by atoms with van der Waals surface area (Å²) in [6, 6.07) is 6.52. The molecule has 0 aliphatic heterocycles. The molecule has 0 bridgehead atoms. The zero-order valence-corrected chi connectivity index (χ0v) is 15.2. The van der Waals surface area contributed by atoms with Crippen LogP contribution in [0.1, 0.15) is 20.3 Å². The summed E-state index contributed by atoms with van der Waals surface area (Å²) in [5.41, 5.74) is 1.25. The van der Waals surface area contributed by atoms with E-state index in [1.165, 1.54) is 13.2 Å². The van der Waals surface area contributed by atoms with Crippen molar-refractivity contribution < 1.29 is 24.1 Å². The molecule has 2 atom stereocenters. The number of rotatable bonds is 8. The lowest BCUT2D eigenvalue weighted by molar-refractivity contribution is 0.0427. The molecule has 140 valence electrons. The zero-order chi connectivity index (χ0) is 19.3. The summed E-state index contributed by atoms with van der Waals surface area (Å²) in [4.78, 5) is 11.4. The molecule has 0 amide bonds. The first-order valence-corrected chi connectivity index (χ1v) is 8.24. The molecule has 1 heterocycles. The second-order valence-corrected chi connectivity index (χ2v) is 6.19. The number of hydrogen-bond acceptors (Lipinski definition) is 6. The zero-order valence-electron chi connectivity index (χ0n) is 15.2. The minimum absolute atomic E-state index is 0.237. The summed E-state index contributed by atoms with van der Waals surface area (Å²) >= 11 is 0. The maximum Gasteiger partial charge on any atom is 0.336 e.